The van der Waals surface area contributed by atoms with Crippen molar-refractivity contribution in [2.24, 2.45) is 5.92 Å². The highest BCUT2D eigenvalue weighted by Crippen LogP contribution is 2.40. The lowest BCUT2D eigenvalue weighted by Crippen LogP contribution is -2.43. The fourth-order valence-corrected chi connectivity index (χ4v) is 9.77. The Morgan fingerprint density at radius 1 is 1.08 bits per heavy atom. The van der Waals surface area contributed by atoms with Crippen molar-refractivity contribution in [1.29, 1.82) is 0 Å². The number of hydrogen-bond donors (Lipinski definition) is 0. The number of piperidine rings is 1. The minimum absolute atomic E-state index is 0.131. The van der Waals surface area contributed by atoms with Crippen molar-refractivity contribution in [3.63, 3.8) is 0 Å². The first-order valence-electron chi connectivity index (χ1n) is 10.7. The first-order chi connectivity index (χ1) is 12.3. The van der Waals surface area contributed by atoms with Gasteiger partial charge >= 0.3 is 6.09 Å². The summed E-state index contributed by atoms with van der Waals surface area (Å²) < 4.78 is 5.33. The van der Waals surface area contributed by atoms with E-state index in [2.05, 4.69) is 59.9 Å². The molecule has 0 unspecified atom stereocenters. The molecule has 1 amide bonds. The van der Waals surface area contributed by atoms with Crippen LogP contribution in [0.4, 0.5) is 4.79 Å². The lowest BCUT2D eigenvalue weighted by atomic mass is 9.94. The Labute approximate surface area is 163 Å². The number of nitrogens with zero attached hydrogens (tertiary/aromatic N) is 1. The second-order valence-electron chi connectivity index (χ2n) is 8.80. The molecule has 0 aliphatic carbocycles. The van der Waals surface area contributed by atoms with Gasteiger partial charge in [0.25, 0.3) is 0 Å². The Bertz CT molecular complexity index is 460. The maximum absolute atomic E-state index is 12.0. The molecule has 0 aromatic rings. The number of carbonyl (C=O) groups is 1. The molecule has 1 saturated heterocycles. The third-order valence-corrected chi connectivity index (χ3v) is 12.5. The first-order valence-corrected chi connectivity index (χ1v) is 12.9. The van der Waals surface area contributed by atoms with Gasteiger partial charge in [-0.05, 0) is 41.8 Å². The van der Waals surface area contributed by atoms with Crippen LogP contribution in [-0.2, 0) is 4.74 Å². The fourth-order valence-electron chi connectivity index (χ4n) is 4.50. The molecule has 0 spiro atoms. The molecule has 1 fully saturated rings. The van der Waals surface area contributed by atoms with E-state index in [1.807, 2.05) is 4.90 Å². The topological polar surface area (TPSA) is 29.5 Å². The van der Waals surface area contributed by atoms with E-state index >= 15 is 0 Å². The summed E-state index contributed by atoms with van der Waals surface area (Å²) in [7, 11) is -1.61. The smallest absolute Gasteiger partial charge is 0.409 e. The van der Waals surface area contributed by atoms with Crippen LogP contribution in [0.15, 0.2) is 0 Å². The van der Waals surface area contributed by atoms with E-state index in [4.69, 9.17) is 4.74 Å². The van der Waals surface area contributed by atoms with Gasteiger partial charge < -0.3 is 9.64 Å². The van der Waals surface area contributed by atoms with Crippen LogP contribution >= 0.6 is 0 Å². The second-order valence-corrected chi connectivity index (χ2v) is 14.4. The van der Waals surface area contributed by atoms with Gasteiger partial charge in [-0.2, -0.15) is 0 Å². The summed E-state index contributed by atoms with van der Waals surface area (Å²) in [5, 5.41) is 0. The normalized spacial score (nSPS) is 16.2. The van der Waals surface area contributed by atoms with Crippen LogP contribution in [0.3, 0.4) is 0 Å². The third kappa shape index (κ3) is 6.05. The molecule has 0 aromatic carbocycles. The molecule has 0 aromatic heterocycles. The zero-order chi connectivity index (χ0) is 19.7. The van der Waals surface area contributed by atoms with Crippen LogP contribution in [0.5, 0.6) is 0 Å². The Morgan fingerprint density at radius 3 is 2.08 bits per heavy atom. The van der Waals surface area contributed by atoms with E-state index in [0.29, 0.717) is 29.1 Å². The van der Waals surface area contributed by atoms with Crippen molar-refractivity contribution in [1.82, 2.24) is 4.90 Å². The number of ether oxygens (including phenoxy) is 1. The summed E-state index contributed by atoms with van der Waals surface area (Å²) in [4.78, 5) is 13.9. The number of hydrogen-bond acceptors (Lipinski definition) is 2. The van der Waals surface area contributed by atoms with Crippen molar-refractivity contribution < 1.29 is 9.53 Å². The second kappa shape index (κ2) is 11.0. The van der Waals surface area contributed by atoms with Gasteiger partial charge in [0.15, 0.2) is 0 Å². The number of amides is 1. The number of rotatable bonds is 7. The summed E-state index contributed by atoms with van der Waals surface area (Å²) in [5.41, 5.74) is 5.90. The van der Waals surface area contributed by atoms with Gasteiger partial charge in [0.2, 0.25) is 0 Å². The first kappa shape index (κ1) is 23.1. The van der Waals surface area contributed by atoms with E-state index in [9.17, 15) is 4.79 Å². The molecular formula is C22H41NO2Si. The molecule has 0 radical (unpaired) electrons. The molecule has 0 N–H and O–H groups in total. The largest absolute Gasteiger partial charge is 0.449 e. The summed E-state index contributed by atoms with van der Waals surface area (Å²) >= 11 is 0. The van der Waals surface area contributed by atoms with Crippen LogP contribution in [-0.4, -0.2) is 38.8 Å². The number of unbranched alkanes of at least 4 members (excludes halogenated alkanes) is 1. The molecular weight excluding hydrogens is 338 g/mol. The molecule has 0 bridgehead atoms. The lowest BCUT2D eigenvalue weighted by Gasteiger charge is -2.38. The monoisotopic (exact) mass is 379 g/mol. The zero-order valence-corrected chi connectivity index (χ0v) is 19.2. The van der Waals surface area contributed by atoms with Crippen LogP contribution < -0.4 is 0 Å². The van der Waals surface area contributed by atoms with Crippen molar-refractivity contribution >= 4 is 14.2 Å². The van der Waals surface area contributed by atoms with E-state index in [0.717, 1.165) is 45.2 Å². The van der Waals surface area contributed by atoms with Crippen molar-refractivity contribution in [3.05, 3.63) is 0 Å². The van der Waals surface area contributed by atoms with Gasteiger partial charge in [0.05, 0.1) is 6.61 Å². The average molecular weight is 380 g/mol. The standard InChI is InChI=1S/C22H41NO2Si/c1-8-9-16-25-22(24)23-14-12-21(13-15-23)11-10-17-26(18(2)3,19(4)5)20(6)7/h18-21H,8-9,11-16H2,1-7H3. The molecule has 1 aliphatic heterocycles. The summed E-state index contributed by atoms with van der Waals surface area (Å²) in [6.45, 7) is 18.5. The van der Waals surface area contributed by atoms with Crippen molar-refractivity contribution in [2.75, 3.05) is 19.7 Å². The Kier molecular flexibility index (Phi) is 9.78. The van der Waals surface area contributed by atoms with E-state index in [-0.39, 0.29) is 6.09 Å². The van der Waals surface area contributed by atoms with Crippen molar-refractivity contribution in [3.8, 4) is 11.5 Å². The summed E-state index contributed by atoms with van der Waals surface area (Å²) in [6, 6.07) is 0. The molecule has 1 rings (SSSR count). The fraction of sp³-hybridized carbons (Fsp3) is 0.864. The van der Waals surface area contributed by atoms with E-state index in [1.54, 1.807) is 0 Å². The average Bonchev–Trinajstić information content (AvgIpc) is 2.58. The highest BCUT2D eigenvalue weighted by molar-refractivity contribution is 6.90. The van der Waals surface area contributed by atoms with Crippen LogP contribution in [0.25, 0.3) is 0 Å². The Morgan fingerprint density at radius 2 is 1.62 bits per heavy atom. The number of likely N-dealkylation sites (tertiary alicyclic amines) is 1. The maximum atomic E-state index is 12.0. The quantitative estimate of drug-likeness (QED) is 0.297. The van der Waals surface area contributed by atoms with E-state index < -0.39 is 8.07 Å². The third-order valence-electron chi connectivity index (χ3n) is 6.16. The molecule has 1 heterocycles. The minimum atomic E-state index is -1.61. The van der Waals surface area contributed by atoms with Gasteiger partial charge in [-0.1, -0.05) is 54.9 Å². The predicted octanol–water partition coefficient (Wildman–Crippen LogP) is 6.25. The van der Waals surface area contributed by atoms with Gasteiger partial charge in [0.1, 0.15) is 8.07 Å². The van der Waals surface area contributed by atoms with Gasteiger partial charge in [-0.15, -0.1) is 11.5 Å². The maximum Gasteiger partial charge on any atom is 0.409 e. The Balaban J connectivity index is 2.56. The zero-order valence-electron chi connectivity index (χ0n) is 18.2. The lowest BCUT2D eigenvalue weighted by molar-refractivity contribution is 0.0871. The molecule has 26 heavy (non-hydrogen) atoms. The molecule has 0 saturated carbocycles. The summed E-state index contributed by atoms with van der Waals surface area (Å²) in [5.74, 6) is 4.23. The molecule has 150 valence electrons. The number of carbonyl (C=O) groups excluding carboxylic acids is 1. The minimum Gasteiger partial charge on any atom is -0.449 e. The Hall–Kier alpha value is -0.953. The molecule has 1 aliphatic rings. The summed E-state index contributed by atoms with van der Waals surface area (Å²) in [6.07, 6.45) is 4.97. The van der Waals surface area contributed by atoms with Crippen LogP contribution in [0.1, 0.15) is 80.6 Å². The van der Waals surface area contributed by atoms with Gasteiger partial charge in [-0.3, -0.25) is 0 Å². The van der Waals surface area contributed by atoms with Crippen molar-refractivity contribution in [2.45, 2.75) is 97.2 Å². The predicted molar refractivity (Wildman–Crippen MR) is 114 cm³/mol. The van der Waals surface area contributed by atoms with Gasteiger partial charge in [0, 0.05) is 19.5 Å². The SMILES string of the molecule is CCCCOC(=O)N1CCC(CC#C[Si](C(C)C)(C(C)C)C(C)C)CC1. The highest BCUT2D eigenvalue weighted by Gasteiger charge is 2.41. The molecule has 4 heteroatoms. The molecule has 3 nitrogen and oxygen atoms in total. The van der Waals surface area contributed by atoms with Crippen LogP contribution in [0.2, 0.25) is 16.6 Å². The highest BCUT2D eigenvalue weighted by atomic mass is 28.3. The van der Waals surface area contributed by atoms with E-state index in [1.165, 1.54) is 0 Å². The molecule has 0 atom stereocenters. The van der Waals surface area contributed by atoms with Gasteiger partial charge in [-0.25, -0.2) is 4.79 Å². The van der Waals surface area contributed by atoms with Crippen LogP contribution in [0, 0.1) is 17.4 Å².